The van der Waals surface area contributed by atoms with Gasteiger partial charge in [-0.25, -0.2) is 4.79 Å². The van der Waals surface area contributed by atoms with Crippen molar-refractivity contribution in [1.29, 1.82) is 0 Å². The predicted octanol–water partition coefficient (Wildman–Crippen LogP) is 4.26. The Morgan fingerprint density at radius 1 is 1.12 bits per heavy atom. The van der Waals surface area contributed by atoms with Crippen molar-refractivity contribution in [2.75, 3.05) is 26.9 Å². The van der Waals surface area contributed by atoms with Gasteiger partial charge in [0.25, 0.3) is 0 Å². The molecule has 0 N–H and O–H groups in total. The van der Waals surface area contributed by atoms with E-state index in [0.717, 1.165) is 6.42 Å². The maximum absolute atomic E-state index is 12.6. The summed E-state index contributed by atoms with van der Waals surface area (Å²) >= 11 is 12.1. The number of benzene rings is 1. The Morgan fingerprint density at radius 3 is 2.28 bits per heavy atom. The molecule has 1 rings (SSSR count). The topological polar surface area (TPSA) is 55.8 Å². The van der Waals surface area contributed by atoms with E-state index in [-0.39, 0.29) is 12.5 Å². The van der Waals surface area contributed by atoms with E-state index in [4.69, 9.17) is 32.7 Å². The molecule has 25 heavy (non-hydrogen) atoms. The normalized spacial score (nSPS) is 11.9. The highest BCUT2D eigenvalue weighted by Crippen LogP contribution is 2.29. The molecular weight excluding hydrogens is 365 g/mol. The first-order valence-electron chi connectivity index (χ1n) is 8.35. The van der Waals surface area contributed by atoms with Crippen molar-refractivity contribution in [1.82, 2.24) is 4.90 Å². The summed E-state index contributed by atoms with van der Waals surface area (Å²) in [4.78, 5) is 26.7. The lowest BCUT2D eigenvalue weighted by atomic mass is 10.0. The molecule has 0 spiro atoms. The number of hydrogen-bond acceptors (Lipinski definition) is 4. The zero-order valence-corrected chi connectivity index (χ0v) is 16.4. The minimum atomic E-state index is -0.865. The fraction of sp³-hybridized carbons (Fsp3) is 0.556. The Kier molecular flexibility index (Phi) is 9.86. The minimum Gasteiger partial charge on any atom is -0.464 e. The highest BCUT2D eigenvalue weighted by atomic mass is 35.5. The summed E-state index contributed by atoms with van der Waals surface area (Å²) in [5.41, 5.74) is 0.544. The second kappa shape index (κ2) is 11.3. The number of ether oxygens (including phenoxy) is 2. The van der Waals surface area contributed by atoms with Crippen LogP contribution in [0.15, 0.2) is 18.2 Å². The molecule has 5 nitrogen and oxygen atoms in total. The Balaban J connectivity index is 3.06. The maximum Gasteiger partial charge on any atom is 0.333 e. The third-order valence-electron chi connectivity index (χ3n) is 3.67. The molecule has 0 saturated carbocycles. The van der Waals surface area contributed by atoms with Crippen LogP contribution in [0.4, 0.5) is 0 Å². The summed E-state index contributed by atoms with van der Waals surface area (Å²) in [6, 6.07) is 3.99. The highest BCUT2D eigenvalue weighted by molar-refractivity contribution is 6.34. The van der Waals surface area contributed by atoms with Gasteiger partial charge in [0.05, 0.1) is 6.61 Å². The van der Waals surface area contributed by atoms with Crippen molar-refractivity contribution in [3.8, 4) is 0 Å². The Morgan fingerprint density at radius 2 is 1.76 bits per heavy atom. The molecule has 0 aliphatic rings. The summed E-state index contributed by atoms with van der Waals surface area (Å²) in [6.07, 6.45) is 1.81. The van der Waals surface area contributed by atoms with Crippen LogP contribution in [0.25, 0.3) is 0 Å². The number of amides is 1. The minimum absolute atomic E-state index is 0.118. The van der Waals surface area contributed by atoms with Crippen LogP contribution in [-0.4, -0.2) is 43.6 Å². The van der Waals surface area contributed by atoms with Crippen molar-refractivity contribution in [3.05, 3.63) is 33.8 Å². The van der Waals surface area contributed by atoms with Gasteiger partial charge in [-0.2, -0.15) is 0 Å². The van der Waals surface area contributed by atoms with E-state index in [9.17, 15) is 9.59 Å². The largest absolute Gasteiger partial charge is 0.464 e. The van der Waals surface area contributed by atoms with E-state index in [1.165, 1.54) is 4.90 Å². The van der Waals surface area contributed by atoms with Gasteiger partial charge in [-0.15, -0.1) is 0 Å². The van der Waals surface area contributed by atoms with Gasteiger partial charge in [-0.3, -0.25) is 4.79 Å². The molecule has 0 fully saturated rings. The smallest absolute Gasteiger partial charge is 0.333 e. The lowest BCUT2D eigenvalue weighted by molar-refractivity contribution is -0.155. The molecule has 1 atom stereocenters. The number of hydrogen-bond donors (Lipinski definition) is 0. The Bertz CT molecular complexity index is 560. The van der Waals surface area contributed by atoms with Crippen molar-refractivity contribution in [3.63, 3.8) is 0 Å². The Hall–Kier alpha value is -1.30. The van der Waals surface area contributed by atoms with E-state index in [0.29, 0.717) is 41.6 Å². The molecule has 7 heteroatoms. The molecule has 140 valence electrons. The first kappa shape index (κ1) is 21.7. The van der Waals surface area contributed by atoms with E-state index >= 15 is 0 Å². The molecule has 0 aliphatic heterocycles. The van der Waals surface area contributed by atoms with Crippen molar-refractivity contribution < 1.29 is 19.1 Å². The molecule has 0 saturated heterocycles. The second-order valence-corrected chi connectivity index (χ2v) is 6.36. The SMILES string of the molecule is CCOC(=O)[C@@H](c1cc(Cl)cc(Cl)c1)N(CC)C(=O)CCCCOC. The number of halogens is 2. The first-order chi connectivity index (χ1) is 11.9. The van der Waals surface area contributed by atoms with Gasteiger partial charge in [0, 0.05) is 36.7 Å². The molecule has 0 radical (unpaired) electrons. The molecule has 1 amide bonds. The van der Waals surface area contributed by atoms with Gasteiger partial charge in [-0.1, -0.05) is 23.2 Å². The third-order valence-corrected chi connectivity index (χ3v) is 4.11. The lowest BCUT2D eigenvalue weighted by Crippen LogP contribution is -2.39. The number of carbonyl (C=O) groups is 2. The van der Waals surface area contributed by atoms with Gasteiger partial charge < -0.3 is 14.4 Å². The van der Waals surface area contributed by atoms with E-state index in [2.05, 4.69) is 0 Å². The number of nitrogens with zero attached hydrogens (tertiary/aromatic N) is 1. The van der Waals surface area contributed by atoms with Crippen LogP contribution in [-0.2, 0) is 19.1 Å². The van der Waals surface area contributed by atoms with Crippen LogP contribution >= 0.6 is 23.2 Å². The molecule has 1 aromatic rings. The Labute approximate surface area is 159 Å². The zero-order chi connectivity index (χ0) is 18.8. The summed E-state index contributed by atoms with van der Waals surface area (Å²) < 4.78 is 10.2. The molecule has 0 aliphatic carbocycles. The number of unbranched alkanes of at least 4 members (excludes halogenated alkanes) is 1. The van der Waals surface area contributed by atoms with Crippen molar-refractivity contribution in [2.24, 2.45) is 0 Å². The van der Waals surface area contributed by atoms with Gasteiger partial charge >= 0.3 is 5.97 Å². The molecule has 0 bridgehead atoms. The van der Waals surface area contributed by atoms with E-state index < -0.39 is 12.0 Å². The van der Waals surface area contributed by atoms with Crippen molar-refractivity contribution >= 4 is 35.1 Å². The summed E-state index contributed by atoms with van der Waals surface area (Å²) in [7, 11) is 1.62. The molecule has 0 heterocycles. The van der Waals surface area contributed by atoms with Crippen LogP contribution in [0.5, 0.6) is 0 Å². The van der Waals surface area contributed by atoms with Crippen LogP contribution in [0, 0.1) is 0 Å². The average Bonchev–Trinajstić information content (AvgIpc) is 2.55. The lowest BCUT2D eigenvalue weighted by Gasteiger charge is -2.30. The molecule has 0 unspecified atom stereocenters. The first-order valence-corrected chi connectivity index (χ1v) is 9.11. The number of carbonyl (C=O) groups excluding carboxylic acids is 2. The van der Waals surface area contributed by atoms with Gasteiger partial charge in [0.15, 0.2) is 6.04 Å². The van der Waals surface area contributed by atoms with Crippen molar-refractivity contribution in [2.45, 2.75) is 39.2 Å². The van der Waals surface area contributed by atoms with Gasteiger partial charge in [0.2, 0.25) is 5.91 Å². The summed E-state index contributed by atoms with van der Waals surface area (Å²) in [5, 5.41) is 0.806. The number of methoxy groups -OCH3 is 1. The van der Waals surface area contributed by atoms with Crippen LogP contribution < -0.4 is 0 Å². The third kappa shape index (κ3) is 6.84. The monoisotopic (exact) mass is 389 g/mol. The summed E-state index contributed by atoms with van der Waals surface area (Å²) in [5.74, 6) is -0.610. The molecular formula is C18H25Cl2NO4. The zero-order valence-electron chi connectivity index (χ0n) is 14.9. The number of rotatable bonds is 10. The van der Waals surface area contributed by atoms with Crippen LogP contribution in [0.3, 0.4) is 0 Å². The molecule has 1 aromatic carbocycles. The van der Waals surface area contributed by atoms with Gasteiger partial charge in [-0.05, 0) is 50.5 Å². The van der Waals surface area contributed by atoms with Gasteiger partial charge in [0.1, 0.15) is 0 Å². The van der Waals surface area contributed by atoms with Crippen LogP contribution in [0.2, 0.25) is 10.0 Å². The van der Waals surface area contributed by atoms with E-state index in [1.54, 1.807) is 32.2 Å². The van der Waals surface area contributed by atoms with Crippen LogP contribution in [0.1, 0.15) is 44.7 Å². The fourth-order valence-electron chi connectivity index (χ4n) is 2.57. The highest BCUT2D eigenvalue weighted by Gasteiger charge is 2.31. The van der Waals surface area contributed by atoms with E-state index in [1.807, 2.05) is 6.92 Å². The fourth-order valence-corrected chi connectivity index (χ4v) is 3.11. The quantitative estimate of drug-likeness (QED) is 0.443. The second-order valence-electron chi connectivity index (χ2n) is 5.49. The maximum atomic E-state index is 12.6. The number of esters is 1. The average molecular weight is 390 g/mol. The predicted molar refractivity (Wildman–Crippen MR) is 99.0 cm³/mol. The number of likely N-dealkylation sites (N-methyl/N-ethyl adjacent to an activating group) is 1. The molecule has 0 aromatic heterocycles. The summed E-state index contributed by atoms with van der Waals surface area (Å²) in [6.45, 7) is 4.75. The standard InChI is InChI=1S/C18H25Cl2NO4/c1-4-21(16(22)8-6-7-9-24-3)17(18(23)25-5-2)13-10-14(19)12-15(20)11-13/h10-12,17H,4-9H2,1-3H3/t17-/m1/s1.